The van der Waals surface area contributed by atoms with Crippen LogP contribution in [0, 0.1) is 0 Å². The van der Waals surface area contributed by atoms with E-state index >= 15 is 0 Å². The Morgan fingerprint density at radius 2 is 1.81 bits per heavy atom. The summed E-state index contributed by atoms with van der Waals surface area (Å²) in [6, 6.07) is -0.414. The standard InChI is InChI=1S/C15H28N2O4/c1-5-12-13(18)17(8-9-21-11-10-20-4)15(6-2,7-3)14(19)16-12/h12H,5-11H2,1-4H3,(H,16,19). The lowest BCUT2D eigenvalue weighted by Crippen LogP contribution is -2.70. The van der Waals surface area contributed by atoms with Crippen molar-refractivity contribution < 1.29 is 19.1 Å². The fraction of sp³-hybridized carbons (Fsp3) is 0.867. The molecule has 0 aliphatic carbocycles. The first kappa shape index (κ1) is 17.9. The molecule has 1 aliphatic heterocycles. The Balaban J connectivity index is 2.79. The van der Waals surface area contributed by atoms with Gasteiger partial charge in [0.05, 0.1) is 19.8 Å². The van der Waals surface area contributed by atoms with E-state index in [2.05, 4.69) is 5.32 Å². The van der Waals surface area contributed by atoms with Gasteiger partial charge >= 0.3 is 0 Å². The lowest BCUT2D eigenvalue weighted by atomic mass is 9.85. The van der Waals surface area contributed by atoms with Crippen molar-refractivity contribution >= 4 is 11.8 Å². The van der Waals surface area contributed by atoms with Gasteiger partial charge in [-0.1, -0.05) is 20.8 Å². The molecule has 1 aliphatic rings. The second kappa shape index (κ2) is 8.34. The maximum atomic E-state index is 12.6. The van der Waals surface area contributed by atoms with E-state index in [-0.39, 0.29) is 11.8 Å². The van der Waals surface area contributed by atoms with Gasteiger partial charge in [0.1, 0.15) is 11.6 Å². The predicted octanol–water partition coefficient (Wildman–Crippen LogP) is 0.945. The minimum absolute atomic E-state index is 0.00357. The summed E-state index contributed by atoms with van der Waals surface area (Å²) in [7, 11) is 1.62. The molecule has 1 rings (SSSR count). The van der Waals surface area contributed by atoms with E-state index in [0.717, 1.165) is 0 Å². The van der Waals surface area contributed by atoms with Crippen LogP contribution in [0.4, 0.5) is 0 Å². The Hall–Kier alpha value is -1.14. The highest BCUT2D eigenvalue weighted by Crippen LogP contribution is 2.29. The van der Waals surface area contributed by atoms with Gasteiger partial charge < -0.3 is 19.7 Å². The molecule has 0 aromatic carbocycles. The molecule has 0 aromatic heterocycles. The largest absolute Gasteiger partial charge is 0.382 e. The van der Waals surface area contributed by atoms with Gasteiger partial charge in [-0.15, -0.1) is 0 Å². The fourth-order valence-electron chi connectivity index (χ4n) is 2.83. The molecule has 6 heteroatoms. The van der Waals surface area contributed by atoms with Crippen molar-refractivity contribution in [3.8, 4) is 0 Å². The third-order valence-corrected chi connectivity index (χ3v) is 4.28. The molecule has 1 heterocycles. The quantitative estimate of drug-likeness (QED) is 0.644. The molecule has 1 saturated heterocycles. The zero-order chi connectivity index (χ0) is 15.9. The van der Waals surface area contributed by atoms with Crippen molar-refractivity contribution in [2.75, 3.05) is 33.5 Å². The summed E-state index contributed by atoms with van der Waals surface area (Å²) in [6.07, 6.45) is 1.82. The molecule has 21 heavy (non-hydrogen) atoms. The first-order valence-corrected chi connectivity index (χ1v) is 7.76. The second-order valence-electron chi connectivity index (χ2n) is 5.27. The zero-order valence-electron chi connectivity index (χ0n) is 13.6. The summed E-state index contributed by atoms with van der Waals surface area (Å²) < 4.78 is 10.4. The number of rotatable bonds is 9. The molecule has 0 aromatic rings. The average Bonchev–Trinajstić information content (AvgIpc) is 2.50. The minimum atomic E-state index is -0.743. The highest BCUT2D eigenvalue weighted by atomic mass is 16.5. The van der Waals surface area contributed by atoms with Gasteiger partial charge in [0.25, 0.3) is 0 Å². The van der Waals surface area contributed by atoms with E-state index in [0.29, 0.717) is 45.6 Å². The molecular formula is C15H28N2O4. The number of carbonyl (C=O) groups excluding carboxylic acids is 2. The van der Waals surface area contributed by atoms with Crippen molar-refractivity contribution in [2.24, 2.45) is 0 Å². The highest BCUT2D eigenvalue weighted by Gasteiger charge is 2.49. The van der Waals surface area contributed by atoms with E-state index in [4.69, 9.17) is 9.47 Å². The topological polar surface area (TPSA) is 67.9 Å². The number of hydrogen-bond acceptors (Lipinski definition) is 4. The first-order valence-electron chi connectivity index (χ1n) is 7.76. The van der Waals surface area contributed by atoms with Crippen LogP contribution in [0.1, 0.15) is 40.0 Å². The Labute approximate surface area is 127 Å². The van der Waals surface area contributed by atoms with Crippen LogP contribution in [-0.4, -0.2) is 61.8 Å². The summed E-state index contributed by atoms with van der Waals surface area (Å²) in [6.45, 7) is 7.67. The second-order valence-corrected chi connectivity index (χ2v) is 5.27. The Morgan fingerprint density at radius 3 is 2.33 bits per heavy atom. The number of methoxy groups -OCH3 is 1. The van der Waals surface area contributed by atoms with E-state index < -0.39 is 11.6 Å². The lowest BCUT2D eigenvalue weighted by molar-refractivity contribution is -0.159. The van der Waals surface area contributed by atoms with Crippen LogP contribution >= 0.6 is 0 Å². The molecule has 0 radical (unpaired) electrons. The lowest BCUT2D eigenvalue weighted by Gasteiger charge is -2.47. The molecule has 1 unspecified atom stereocenters. The molecule has 2 amide bonds. The van der Waals surface area contributed by atoms with Crippen LogP contribution in [0.3, 0.4) is 0 Å². The molecule has 1 N–H and O–H groups in total. The van der Waals surface area contributed by atoms with Gasteiger partial charge in [0.15, 0.2) is 0 Å². The summed E-state index contributed by atoms with van der Waals surface area (Å²) in [5.41, 5.74) is -0.743. The van der Waals surface area contributed by atoms with Crippen LogP contribution in [0.25, 0.3) is 0 Å². The third-order valence-electron chi connectivity index (χ3n) is 4.28. The minimum Gasteiger partial charge on any atom is -0.382 e. The van der Waals surface area contributed by atoms with E-state index in [1.807, 2.05) is 20.8 Å². The normalized spacial score (nSPS) is 21.5. The summed E-state index contributed by atoms with van der Waals surface area (Å²) >= 11 is 0. The number of ether oxygens (including phenoxy) is 2. The SMILES string of the molecule is CCC1NC(=O)C(CC)(CC)N(CCOCCOC)C1=O. The molecule has 122 valence electrons. The Bertz CT molecular complexity index is 356. The molecule has 1 atom stereocenters. The summed E-state index contributed by atoms with van der Waals surface area (Å²) in [4.78, 5) is 26.8. The predicted molar refractivity (Wildman–Crippen MR) is 79.9 cm³/mol. The maximum absolute atomic E-state index is 12.6. The van der Waals surface area contributed by atoms with Crippen molar-refractivity contribution in [1.29, 1.82) is 0 Å². The van der Waals surface area contributed by atoms with Crippen LogP contribution in [0.15, 0.2) is 0 Å². The van der Waals surface area contributed by atoms with E-state index in [9.17, 15) is 9.59 Å². The number of nitrogens with zero attached hydrogens (tertiary/aromatic N) is 1. The van der Waals surface area contributed by atoms with Crippen molar-refractivity contribution in [3.05, 3.63) is 0 Å². The maximum Gasteiger partial charge on any atom is 0.246 e. The number of carbonyl (C=O) groups is 2. The van der Waals surface area contributed by atoms with Gasteiger partial charge in [0, 0.05) is 13.7 Å². The Kier molecular flexibility index (Phi) is 7.11. The van der Waals surface area contributed by atoms with Crippen LogP contribution in [0.2, 0.25) is 0 Å². The van der Waals surface area contributed by atoms with Gasteiger partial charge in [-0.25, -0.2) is 0 Å². The van der Waals surface area contributed by atoms with Gasteiger partial charge in [-0.05, 0) is 19.3 Å². The third kappa shape index (κ3) is 3.74. The average molecular weight is 300 g/mol. The van der Waals surface area contributed by atoms with Crippen molar-refractivity contribution in [2.45, 2.75) is 51.6 Å². The van der Waals surface area contributed by atoms with Crippen molar-refractivity contribution in [3.63, 3.8) is 0 Å². The van der Waals surface area contributed by atoms with Crippen molar-refractivity contribution in [1.82, 2.24) is 10.2 Å². The molecule has 0 bridgehead atoms. The van der Waals surface area contributed by atoms with Gasteiger partial charge in [-0.2, -0.15) is 0 Å². The van der Waals surface area contributed by atoms with Gasteiger partial charge in [0.2, 0.25) is 11.8 Å². The van der Waals surface area contributed by atoms with Gasteiger partial charge in [-0.3, -0.25) is 9.59 Å². The summed E-state index contributed by atoms with van der Waals surface area (Å²) in [5.74, 6) is -0.0491. The highest BCUT2D eigenvalue weighted by molar-refractivity contribution is 5.99. The monoisotopic (exact) mass is 300 g/mol. The molecule has 6 nitrogen and oxygen atoms in total. The number of nitrogens with one attached hydrogen (secondary N) is 1. The molecule has 1 fully saturated rings. The van der Waals surface area contributed by atoms with Crippen LogP contribution in [-0.2, 0) is 19.1 Å². The van der Waals surface area contributed by atoms with E-state index in [1.54, 1.807) is 12.0 Å². The molecular weight excluding hydrogens is 272 g/mol. The zero-order valence-corrected chi connectivity index (χ0v) is 13.6. The first-order chi connectivity index (χ1) is 10.1. The summed E-state index contributed by atoms with van der Waals surface area (Å²) in [5, 5.41) is 2.86. The molecule has 0 saturated carbocycles. The number of hydrogen-bond donors (Lipinski definition) is 1. The smallest absolute Gasteiger partial charge is 0.246 e. The van der Waals surface area contributed by atoms with Crippen LogP contribution in [0.5, 0.6) is 0 Å². The van der Waals surface area contributed by atoms with E-state index in [1.165, 1.54) is 0 Å². The number of amides is 2. The van der Waals surface area contributed by atoms with Crippen LogP contribution < -0.4 is 5.32 Å². The fourth-order valence-corrected chi connectivity index (χ4v) is 2.83. The Morgan fingerprint density at radius 1 is 1.14 bits per heavy atom. The molecule has 0 spiro atoms. The number of piperazine rings is 1.